The van der Waals surface area contributed by atoms with Gasteiger partial charge in [0.25, 0.3) is 0 Å². The fraction of sp³-hybridized carbons (Fsp3) is 0.333. The Morgan fingerprint density at radius 3 is 2.81 bits per heavy atom. The quantitative estimate of drug-likeness (QED) is 0.880. The summed E-state index contributed by atoms with van der Waals surface area (Å²) in [5.41, 5.74) is 0. The van der Waals surface area contributed by atoms with Crippen LogP contribution in [0.5, 0.6) is 0 Å². The molecule has 1 N–H and O–H groups in total. The maximum Gasteiger partial charge on any atom is 0.126 e. The van der Waals surface area contributed by atoms with Crippen molar-refractivity contribution in [1.82, 2.24) is 9.97 Å². The number of hydrogen-bond donors (Lipinski definition) is 1. The van der Waals surface area contributed by atoms with Crippen molar-refractivity contribution in [3.8, 4) is 0 Å². The average molecular weight is 233 g/mol. The van der Waals surface area contributed by atoms with Gasteiger partial charge in [-0.15, -0.1) is 11.3 Å². The van der Waals surface area contributed by atoms with Gasteiger partial charge in [-0.25, -0.2) is 9.97 Å². The Morgan fingerprint density at radius 1 is 1.31 bits per heavy atom. The summed E-state index contributed by atoms with van der Waals surface area (Å²) in [6.45, 7) is 5.11. The minimum absolute atomic E-state index is 0.557. The van der Waals surface area contributed by atoms with E-state index in [-0.39, 0.29) is 0 Å². The molecule has 0 aliphatic carbocycles. The van der Waals surface area contributed by atoms with E-state index in [0.717, 1.165) is 17.4 Å². The molecule has 2 aromatic rings. The van der Waals surface area contributed by atoms with E-state index < -0.39 is 0 Å². The zero-order valence-corrected chi connectivity index (χ0v) is 10.3. The molecule has 0 atom stereocenters. The van der Waals surface area contributed by atoms with Crippen molar-refractivity contribution in [1.29, 1.82) is 0 Å². The summed E-state index contributed by atoms with van der Waals surface area (Å²) in [5, 5.41) is 4.36. The second kappa shape index (κ2) is 5.07. The van der Waals surface area contributed by atoms with Crippen LogP contribution < -0.4 is 5.32 Å². The van der Waals surface area contributed by atoms with Crippen LogP contribution >= 0.6 is 11.3 Å². The molecule has 0 aliphatic rings. The van der Waals surface area contributed by atoms with Crippen LogP contribution in [0.25, 0.3) is 0 Å². The zero-order valence-electron chi connectivity index (χ0n) is 9.47. The first-order chi connectivity index (χ1) is 7.75. The highest BCUT2D eigenvalue weighted by atomic mass is 32.1. The van der Waals surface area contributed by atoms with E-state index in [2.05, 4.69) is 29.1 Å². The summed E-state index contributed by atoms with van der Waals surface area (Å²) in [7, 11) is 0. The Balaban J connectivity index is 1.95. The van der Waals surface area contributed by atoms with Crippen molar-refractivity contribution < 1.29 is 0 Å². The van der Waals surface area contributed by atoms with Crippen LogP contribution in [0.4, 0.5) is 5.82 Å². The largest absolute Gasteiger partial charge is 0.364 e. The second-order valence-corrected chi connectivity index (χ2v) is 5.03. The lowest BCUT2D eigenvalue weighted by molar-refractivity contribution is 0.885. The fourth-order valence-electron chi connectivity index (χ4n) is 1.31. The molecule has 0 saturated heterocycles. The molecule has 3 nitrogen and oxygen atoms in total. The van der Waals surface area contributed by atoms with Gasteiger partial charge in [-0.1, -0.05) is 19.9 Å². The molecule has 0 saturated carbocycles. The van der Waals surface area contributed by atoms with Crippen LogP contribution in [0.15, 0.2) is 30.6 Å². The minimum Gasteiger partial charge on any atom is -0.364 e. The molecule has 4 heteroatoms. The molecular formula is C12H15N3S. The normalized spacial score (nSPS) is 10.7. The Kier molecular flexibility index (Phi) is 3.51. The van der Waals surface area contributed by atoms with Crippen molar-refractivity contribution in [2.24, 2.45) is 0 Å². The van der Waals surface area contributed by atoms with E-state index in [9.17, 15) is 0 Å². The highest BCUT2D eigenvalue weighted by Crippen LogP contribution is 2.22. The number of thiazole rings is 1. The third kappa shape index (κ3) is 2.79. The van der Waals surface area contributed by atoms with Crippen LogP contribution in [0.1, 0.15) is 29.7 Å². The van der Waals surface area contributed by atoms with Gasteiger partial charge in [-0.3, -0.25) is 0 Å². The first-order valence-electron chi connectivity index (χ1n) is 5.35. The van der Waals surface area contributed by atoms with Crippen LogP contribution in [0.2, 0.25) is 0 Å². The predicted octanol–water partition coefficient (Wildman–Crippen LogP) is 3.27. The third-order valence-corrected chi connectivity index (χ3v) is 3.52. The summed E-state index contributed by atoms with van der Waals surface area (Å²) in [4.78, 5) is 9.91. The van der Waals surface area contributed by atoms with Crippen LogP contribution in [-0.4, -0.2) is 9.97 Å². The monoisotopic (exact) mass is 233 g/mol. The molecular weight excluding hydrogens is 218 g/mol. The third-order valence-electron chi connectivity index (χ3n) is 2.23. The van der Waals surface area contributed by atoms with Gasteiger partial charge in [0.2, 0.25) is 0 Å². The van der Waals surface area contributed by atoms with Gasteiger partial charge >= 0.3 is 0 Å². The van der Waals surface area contributed by atoms with Crippen LogP contribution in [0, 0.1) is 0 Å². The van der Waals surface area contributed by atoms with E-state index in [1.165, 1.54) is 4.88 Å². The summed E-state index contributed by atoms with van der Waals surface area (Å²) in [6.07, 6.45) is 3.74. The molecule has 0 radical (unpaired) electrons. The summed E-state index contributed by atoms with van der Waals surface area (Å²) < 4.78 is 0. The topological polar surface area (TPSA) is 37.8 Å². The van der Waals surface area contributed by atoms with Crippen molar-refractivity contribution in [3.63, 3.8) is 0 Å². The van der Waals surface area contributed by atoms with Gasteiger partial charge in [0.05, 0.1) is 6.54 Å². The standard InChI is InChI=1S/C12H15N3S/c1-9(2)10-7-15-12(16-10)8-14-11-5-3-4-6-13-11/h3-7,9H,8H2,1-2H3,(H,13,14). The first kappa shape index (κ1) is 11.1. The van der Waals surface area contributed by atoms with Gasteiger partial charge in [0.15, 0.2) is 0 Å². The molecule has 2 aromatic heterocycles. The Bertz CT molecular complexity index is 437. The van der Waals surface area contributed by atoms with Gasteiger partial charge in [0, 0.05) is 17.3 Å². The molecule has 0 amide bonds. The number of aromatic nitrogens is 2. The number of nitrogens with zero attached hydrogens (tertiary/aromatic N) is 2. The molecule has 16 heavy (non-hydrogen) atoms. The molecule has 84 valence electrons. The molecule has 0 aromatic carbocycles. The molecule has 0 aliphatic heterocycles. The second-order valence-electron chi connectivity index (χ2n) is 3.88. The van der Waals surface area contributed by atoms with Crippen LogP contribution in [-0.2, 0) is 6.54 Å². The Morgan fingerprint density at radius 2 is 2.19 bits per heavy atom. The first-order valence-corrected chi connectivity index (χ1v) is 6.17. The van der Waals surface area contributed by atoms with Gasteiger partial charge in [-0.2, -0.15) is 0 Å². The zero-order chi connectivity index (χ0) is 11.4. The molecule has 0 bridgehead atoms. The number of pyridine rings is 1. The maximum atomic E-state index is 4.38. The maximum absolute atomic E-state index is 4.38. The number of rotatable bonds is 4. The lowest BCUT2D eigenvalue weighted by Gasteiger charge is -2.01. The molecule has 2 rings (SSSR count). The lowest BCUT2D eigenvalue weighted by Crippen LogP contribution is -1.99. The van der Waals surface area contributed by atoms with Crippen molar-refractivity contribution in [3.05, 3.63) is 40.5 Å². The molecule has 0 fully saturated rings. The highest BCUT2D eigenvalue weighted by molar-refractivity contribution is 7.11. The van der Waals surface area contributed by atoms with E-state index in [1.54, 1.807) is 17.5 Å². The SMILES string of the molecule is CC(C)c1cnc(CNc2ccccn2)s1. The summed E-state index contributed by atoms with van der Waals surface area (Å²) in [5.74, 6) is 1.45. The predicted molar refractivity (Wildman–Crippen MR) is 67.8 cm³/mol. The fourth-order valence-corrected chi connectivity index (χ4v) is 2.17. The minimum atomic E-state index is 0.557. The van der Waals surface area contributed by atoms with Crippen molar-refractivity contribution in [2.75, 3.05) is 5.32 Å². The number of nitrogens with one attached hydrogen (secondary N) is 1. The van der Waals surface area contributed by atoms with E-state index in [4.69, 9.17) is 0 Å². The van der Waals surface area contributed by atoms with E-state index >= 15 is 0 Å². The van der Waals surface area contributed by atoms with Gasteiger partial charge < -0.3 is 5.32 Å². The van der Waals surface area contributed by atoms with Gasteiger partial charge in [0.1, 0.15) is 10.8 Å². The average Bonchev–Trinajstić information content (AvgIpc) is 2.76. The summed E-state index contributed by atoms with van der Waals surface area (Å²) in [6, 6.07) is 5.83. The van der Waals surface area contributed by atoms with E-state index in [0.29, 0.717) is 5.92 Å². The molecule has 2 heterocycles. The van der Waals surface area contributed by atoms with Gasteiger partial charge in [-0.05, 0) is 18.1 Å². The number of hydrogen-bond acceptors (Lipinski definition) is 4. The lowest BCUT2D eigenvalue weighted by atomic mass is 10.2. The van der Waals surface area contributed by atoms with Crippen LogP contribution in [0.3, 0.4) is 0 Å². The molecule has 0 spiro atoms. The summed E-state index contributed by atoms with van der Waals surface area (Å²) >= 11 is 1.76. The van der Waals surface area contributed by atoms with Crippen molar-refractivity contribution >= 4 is 17.2 Å². The Hall–Kier alpha value is -1.42. The van der Waals surface area contributed by atoms with Crippen molar-refractivity contribution in [2.45, 2.75) is 26.3 Å². The Labute approximate surface area is 99.6 Å². The highest BCUT2D eigenvalue weighted by Gasteiger charge is 2.05. The smallest absolute Gasteiger partial charge is 0.126 e. The van der Waals surface area contributed by atoms with E-state index in [1.807, 2.05) is 24.4 Å². The molecule has 0 unspecified atom stereocenters. The number of anilines is 1.